The number of rotatable bonds is 9. The van der Waals surface area contributed by atoms with Crippen LogP contribution in [0.3, 0.4) is 0 Å². The van der Waals surface area contributed by atoms with Crippen LogP contribution in [-0.4, -0.2) is 48.9 Å². The Morgan fingerprint density at radius 2 is 1.67 bits per heavy atom. The van der Waals surface area contributed by atoms with Crippen molar-refractivity contribution >= 4 is 63.0 Å². The summed E-state index contributed by atoms with van der Waals surface area (Å²) in [5, 5.41) is 6.65. The second-order valence-electron chi connectivity index (χ2n) is 6.34. The molecule has 0 unspecified atom stereocenters. The summed E-state index contributed by atoms with van der Waals surface area (Å²) in [5.41, 5.74) is 1.07. The minimum absolute atomic E-state index is 0.00581. The van der Waals surface area contributed by atoms with Gasteiger partial charge in [-0.1, -0.05) is 36.2 Å². The standard InChI is InChI=1S/C20H23Cl2N3O4S/c1-4-25(11-16(27)24-18-13(21)7-6-8-14(18)22)10-15(26)23-17-9-12(3)19(30-17)20(28)29-5-2/h6-9H,4-5,10-11H2,1-3H3,(H,23,26)(H,24,27). The summed E-state index contributed by atoms with van der Waals surface area (Å²) in [6, 6.07) is 6.66. The Bertz CT molecular complexity index is 913. The Hall–Kier alpha value is -2.13. The van der Waals surface area contributed by atoms with Crippen LogP contribution in [0.4, 0.5) is 10.7 Å². The van der Waals surface area contributed by atoms with Gasteiger partial charge in [-0.15, -0.1) is 11.3 Å². The van der Waals surface area contributed by atoms with Crippen LogP contribution in [0, 0.1) is 6.92 Å². The van der Waals surface area contributed by atoms with Crippen molar-refractivity contribution in [2.75, 3.05) is 36.9 Å². The number of halogens is 2. The monoisotopic (exact) mass is 471 g/mol. The van der Waals surface area contributed by atoms with Gasteiger partial charge in [-0.25, -0.2) is 4.79 Å². The van der Waals surface area contributed by atoms with E-state index in [1.807, 2.05) is 6.92 Å². The molecule has 0 aliphatic heterocycles. The topological polar surface area (TPSA) is 87.7 Å². The molecule has 0 saturated heterocycles. The predicted octanol–water partition coefficient (Wildman–Crippen LogP) is 4.44. The van der Waals surface area contributed by atoms with Crippen molar-refractivity contribution in [3.63, 3.8) is 0 Å². The molecule has 0 saturated carbocycles. The fraction of sp³-hybridized carbons (Fsp3) is 0.350. The number of para-hydroxylation sites is 1. The molecule has 2 amide bonds. The highest BCUT2D eigenvalue weighted by molar-refractivity contribution is 7.18. The maximum atomic E-state index is 12.4. The zero-order chi connectivity index (χ0) is 22.3. The number of carbonyl (C=O) groups excluding carboxylic acids is 3. The first-order valence-corrected chi connectivity index (χ1v) is 10.9. The summed E-state index contributed by atoms with van der Waals surface area (Å²) < 4.78 is 5.01. The largest absolute Gasteiger partial charge is 0.462 e. The van der Waals surface area contributed by atoms with Gasteiger partial charge >= 0.3 is 5.97 Å². The van der Waals surface area contributed by atoms with Crippen LogP contribution < -0.4 is 10.6 Å². The molecule has 1 heterocycles. The number of likely N-dealkylation sites (N-methyl/N-ethyl adjacent to an activating group) is 1. The van der Waals surface area contributed by atoms with Gasteiger partial charge in [-0.2, -0.15) is 0 Å². The Balaban J connectivity index is 1.94. The molecule has 2 N–H and O–H groups in total. The molecule has 10 heteroatoms. The number of hydrogen-bond donors (Lipinski definition) is 2. The molecule has 0 atom stereocenters. The highest BCUT2D eigenvalue weighted by Gasteiger charge is 2.18. The molecule has 2 rings (SSSR count). The molecule has 0 bridgehead atoms. The number of aryl methyl sites for hydroxylation is 1. The summed E-state index contributed by atoms with van der Waals surface area (Å²) in [6.45, 7) is 6.12. The highest BCUT2D eigenvalue weighted by atomic mass is 35.5. The minimum Gasteiger partial charge on any atom is -0.462 e. The summed E-state index contributed by atoms with van der Waals surface area (Å²) >= 11 is 13.3. The van der Waals surface area contributed by atoms with Crippen LogP contribution in [0.5, 0.6) is 0 Å². The van der Waals surface area contributed by atoms with Crippen LogP contribution in [0.1, 0.15) is 29.1 Å². The van der Waals surface area contributed by atoms with Gasteiger partial charge in [0, 0.05) is 0 Å². The Morgan fingerprint density at radius 3 is 2.23 bits per heavy atom. The third-order valence-electron chi connectivity index (χ3n) is 4.05. The summed E-state index contributed by atoms with van der Waals surface area (Å²) in [6.07, 6.45) is 0. The van der Waals surface area contributed by atoms with Crippen molar-refractivity contribution in [1.29, 1.82) is 0 Å². The van der Waals surface area contributed by atoms with Crippen molar-refractivity contribution in [2.45, 2.75) is 20.8 Å². The van der Waals surface area contributed by atoms with Gasteiger partial charge in [0.1, 0.15) is 4.88 Å². The van der Waals surface area contributed by atoms with Crippen LogP contribution >= 0.6 is 34.5 Å². The SMILES string of the molecule is CCOC(=O)c1sc(NC(=O)CN(CC)CC(=O)Nc2c(Cl)cccc2Cl)cc1C. The van der Waals surface area contributed by atoms with Gasteiger partial charge in [0.05, 0.1) is 40.4 Å². The number of carbonyl (C=O) groups is 3. The highest BCUT2D eigenvalue weighted by Crippen LogP contribution is 2.30. The number of nitrogens with zero attached hydrogens (tertiary/aromatic N) is 1. The van der Waals surface area contributed by atoms with Crippen molar-refractivity contribution in [3.8, 4) is 0 Å². The molecule has 2 aromatic rings. The number of nitrogens with one attached hydrogen (secondary N) is 2. The molecule has 7 nitrogen and oxygen atoms in total. The lowest BCUT2D eigenvalue weighted by Gasteiger charge is -2.19. The van der Waals surface area contributed by atoms with Gasteiger partial charge in [0.25, 0.3) is 0 Å². The van der Waals surface area contributed by atoms with Crippen LogP contribution in [0.15, 0.2) is 24.3 Å². The van der Waals surface area contributed by atoms with E-state index in [9.17, 15) is 14.4 Å². The fourth-order valence-electron chi connectivity index (χ4n) is 2.60. The van der Waals surface area contributed by atoms with E-state index in [-0.39, 0.29) is 31.5 Å². The zero-order valence-corrected chi connectivity index (χ0v) is 19.2. The first kappa shape index (κ1) is 24.1. The van der Waals surface area contributed by atoms with E-state index in [0.717, 1.165) is 16.9 Å². The summed E-state index contributed by atoms with van der Waals surface area (Å²) in [5.74, 6) is -1.04. The number of amides is 2. The molecule has 1 aromatic heterocycles. The Morgan fingerprint density at radius 1 is 1.07 bits per heavy atom. The maximum absolute atomic E-state index is 12.4. The molecular formula is C20H23Cl2N3O4S. The molecule has 0 radical (unpaired) electrons. The Labute approximate surface area is 189 Å². The normalized spacial score (nSPS) is 10.7. The third-order valence-corrected chi connectivity index (χ3v) is 5.81. The molecule has 0 fully saturated rings. The zero-order valence-electron chi connectivity index (χ0n) is 16.9. The van der Waals surface area contributed by atoms with Crippen LogP contribution in [-0.2, 0) is 14.3 Å². The predicted molar refractivity (Wildman–Crippen MR) is 121 cm³/mol. The van der Waals surface area contributed by atoms with Crippen molar-refractivity contribution in [3.05, 3.63) is 44.8 Å². The molecule has 1 aromatic carbocycles. The molecule has 0 aliphatic rings. The van der Waals surface area contributed by atoms with Crippen LogP contribution in [0.2, 0.25) is 10.0 Å². The lowest BCUT2D eigenvalue weighted by Crippen LogP contribution is -2.38. The first-order valence-electron chi connectivity index (χ1n) is 9.28. The smallest absolute Gasteiger partial charge is 0.348 e. The van der Waals surface area contributed by atoms with E-state index in [1.165, 1.54) is 0 Å². The molecule has 0 spiro atoms. The van der Waals surface area contributed by atoms with Gasteiger partial charge in [-0.05, 0) is 44.2 Å². The Kier molecular flexibility index (Phi) is 9.10. The second kappa shape index (κ2) is 11.3. The average molecular weight is 472 g/mol. The van der Waals surface area contributed by atoms with Crippen LogP contribution in [0.25, 0.3) is 0 Å². The number of benzene rings is 1. The number of ether oxygens (including phenoxy) is 1. The molecule has 0 aliphatic carbocycles. The number of hydrogen-bond acceptors (Lipinski definition) is 6. The molecule has 30 heavy (non-hydrogen) atoms. The van der Waals surface area contributed by atoms with Crippen molar-refractivity contribution in [1.82, 2.24) is 4.90 Å². The second-order valence-corrected chi connectivity index (χ2v) is 8.21. The summed E-state index contributed by atoms with van der Waals surface area (Å²) in [7, 11) is 0. The molecule has 162 valence electrons. The van der Waals surface area contributed by atoms with Gasteiger partial charge in [-0.3, -0.25) is 14.5 Å². The molecular weight excluding hydrogens is 449 g/mol. The summed E-state index contributed by atoms with van der Waals surface area (Å²) in [4.78, 5) is 38.8. The number of esters is 1. The first-order chi connectivity index (χ1) is 14.2. The van der Waals surface area contributed by atoms with Crippen molar-refractivity contribution in [2.24, 2.45) is 0 Å². The fourth-order valence-corrected chi connectivity index (χ4v) is 4.08. The average Bonchev–Trinajstić information content (AvgIpc) is 3.04. The van der Waals surface area contributed by atoms with E-state index < -0.39 is 5.97 Å². The van der Waals surface area contributed by atoms with Crippen molar-refractivity contribution < 1.29 is 19.1 Å². The van der Waals surface area contributed by atoms with E-state index in [2.05, 4.69) is 10.6 Å². The van der Waals surface area contributed by atoms with E-state index >= 15 is 0 Å². The number of anilines is 2. The maximum Gasteiger partial charge on any atom is 0.348 e. The van der Waals surface area contributed by atoms with E-state index in [0.29, 0.717) is 32.2 Å². The van der Waals surface area contributed by atoms with Gasteiger partial charge < -0.3 is 15.4 Å². The quantitative estimate of drug-likeness (QED) is 0.527. The van der Waals surface area contributed by atoms with E-state index in [1.54, 1.807) is 43.0 Å². The number of thiophene rings is 1. The van der Waals surface area contributed by atoms with Gasteiger partial charge in [0.15, 0.2) is 0 Å². The van der Waals surface area contributed by atoms with Gasteiger partial charge in [0.2, 0.25) is 11.8 Å². The lowest BCUT2D eigenvalue weighted by atomic mass is 10.3. The van der Waals surface area contributed by atoms with E-state index in [4.69, 9.17) is 27.9 Å². The lowest BCUT2D eigenvalue weighted by molar-refractivity contribution is -0.119. The third kappa shape index (κ3) is 6.70. The minimum atomic E-state index is -0.411.